The van der Waals surface area contributed by atoms with Gasteiger partial charge >= 0.3 is 5.97 Å². The van der Waals surface area contributed by atoms with Crippen LogP contribution in [0.4, 0.5) is 4.39 Å². The van der Waals surface area contributed by atoms with Crippen molar-refractivity contribution in [3.63, 3.8) is 0 Å². The summed E-state index contributed by atoms with van der Waals surface area (Å²) in [6.45, 7) is 4.99. The molecule has 1 aliphatic rings. The van der Waals surface area contributed by atoms with Crippen molar-refractivity contribution >= 4 is 5.97 Å². The average Bonchev–Trinajstić information content (AvgIpc) is 3.03. The van der Waals surface area contributed by atoms with Crippen molar-refractivity contribution < 1.29 is 23.8 Å². The van der Waals surface area contributed by atoms with E-state index in [0.29, 0.717) is 41.4 Å². The minimum atomic E-state index is -2.02. The van der Waals surface area contributed by atoms with Crippen LogP contribution in [0.1, 0.15) is 50.9 Å². The number of halogens is 1. The maximum absolute atomic E-state index is 15.1. The molecule has 0 spiro atoms. The van der Waals surface area contributed by atoms with Gasteiger partial charge in [-0.25, -0.2) is 18.9 Å². The lowest BCUT2D eigenvalue weighted by Gasteiger charge is -2.33. The molecule has 0 bridgehead atoms. The molecule has 0 saturated heterocycles. The fourth-order valence-electron chi connectivity index (χ4n) is 3.52. The molecule has 158 valence electrons. The first kappa shape index (κ1) is 21.2. The van der Waals surface area contributed by atoms with Gasteiger partial charge < -0.3 is 14.6 Å². The third-order valence-corrected chi connectivity index (χ3v) is 5.03. The molecule has 2 atom stereocenters. The van der Waals surface area contributed by atoms with Crippen LogP contribution in [-0.4, -0.2) is 48.9 Å². The standard InChI is InChI=1S/C20H27FN4O4/c1-12(2)28-19(27)20(21)9-5-6-14(10-20)29-17-8-7-15(22-13(17)3)18-16(11-26)25(4)24-23-18/h7-8,12,14,26H,5-6,9-11H2,1-4H3/t14-,20+/m0/s1. The first-order valence-electron chi connectivity index (χ1n) is 9.77. The van der Waals surface area contributed by atoms with Crippen LogP contribution < -0.4 is 4.74 Å². The fraction of sp³-hybridized carbons (Fsp3) is 0.600. The monoisotopic (exact) mass is 406 g/mol. The maximum atomic E-state index is 15.1. The first-order valence-corrected chi connectivity index (χ1v) is 9.77. The van der Waals surface area contributed by atoms with Crippen molar-refractivity contribution in [2.45, 2.75) is 70.9 Å². The number of hydrogen-bond donors (Lipinski definition) is 1. The summed E-state index contributed by atoms with van der Waals surface area (Å²) < 4.78 is 27.7. The Morgan fingerprint density at radius 1 is 1.45 bits per heavy atom. The molecule has 0 radical (unpaired) electrons. The summed E-state index contributed by atoms with van der Waals surface area (Å²) in [5.74, 6) is -0.292. The van der Waals surface area contributed by atoms with E-state index in [1.54, 1.807) is 40.0 Å². The number of aryl methyl sites for hydroxylation is 2. The Morgan fingerprint density at radius 2 is 2.21 bits per heavy atom. The second-order valence-electron chi connectivity index (χ2n) is 7.70. The Bertz CT molecular complexity index is 885. The largest absolute Gasteiger partial charge is 0.488 e. The van der Waals surface area contributed by atoms with Gasteiger partial charge in [-0.15, -0.1) is 5.10 Å². The summed E-state index contributed by atoms with van der Waals surface area (Å²) in [6.07, 6.45) is 0.493. The lowest BCUT2D eigenvalue weighted by molar-refractivity contribution is -0.166. The number of carbonyl (C=O) groups is 1. The van der Waals surface area contributed by atoms with Crippen molar-refractivity contribution in [2.24, 2.45) is 7.05 Å². The van der Waals surface area contributed by atoms with Crippen LogP contribution >= 0.6 is 0 Å². The smallest absolute Gasteiger partial charge is 0.344 e. The number of aromatic nitrogens is 4. The number of hydrogen-bond acceptors (Lipinski definition) is 7. The number of aliphatic hydroxyl groups excluding tert-OH is 1. The predicted octanol–water partition coefficient (Wildman–Crippen LogP) is 2.66. The summed E-state index contributed by atoms with van der Waals surface area (Å²) in [5.41, 5.74) is 0.211. The van der Waals surface area contributed by atoms with Crippen molar-refractivity contribution in [3.05, 3.63) is 23.5 Å². The van der Waals surface area contributed by atoms with E-state index >= 15 is 4.39 Å². The normalized spacial score (nSPS) is 22.0. The van der Waals surface area contributed by atoms with Gasteiger partial charge in [0, 0.05) is 13.5 Å². The second-order valence-corrected chi connectivity index (χ2v) is 7.70. The second kappa shape index (κ2) is 8.44. The third-order valence-electron chi connectivity index (χ3n) is 5.03. The first-order chi connectivity index (χ1) is 13.7. The van der Waals surface area contributed by atoms with Crippen LogP contribution in [-0.2, 0) is 23.2 Å². The minimum absolute atomic E-state index is 0.0431. The van der Waals surface area contributed by atoms with Gasteiger partial charge in [-0.05, 0) is 52.2 Å². The molecule has 0 aliphatic heterocycles. The molecule has 3 rings (SSSR count). The van der Waals surface area contributed by atoms with E-state index in [1.165, 1.54) is 4.68 Å². The molecule has 0 aromatic carbocycles. The lowest BCUT2D eigenvalue weighted by atomic mass is 9.84. The van der Waals surface area contributed by atoms with E-state index < -0.39 is 17.7 Å². The van der Waals surface area contributed by atoms with E-state index in [0.717, 1.165) is 0 Å². The van der Waals surface area contributed by atoms with Crippen LogP contribution in [0.2, 0.25) is 0 Å². The number of esters is 1. The molecular weight excluding hydrogens is 379 g/mol. The molecule has 1 N–H and O–H groups in total. The van der Waals surface area contributed by atoms with Crippen molar-refractivity contribution in [2.75, 3.05) is 0 Å². The molecule has 9 heteroatoms. The summed E-state index contributed by atoms with van der Waals surface area (Å²) in [7, 11) is 1.70. The van der Waals surface area contributed by atoms with Crippen LogP contribution in [0.15, 0.2) is 12.1 Å². The molecule has 1 fully saturated rings. The number of alkyl halides is 1. The molecule has 2 aromatic rings. The van der Waals surface area contributed by atoms with E-state index in [4.69, 9.17) is 9.47 Å². The third kappa shape index (κ3) is 4.55. The van der Waals surface area contributed by atoms with E-state index in [2.05, 4.69) is 15.3 Å². The molecule has 2 heterocycles. The molecule has 8 nitrogen and oxygen atoms in total. The quantitative estimate of drug-likeness (QED) is 0.736. The fourth-order valence-corrected chi connectivity index (χ4v) is 3.52. The molecule has 0 amide bonds. The van der Waals surface area contributed by atoms with Gasteiger partial charge in [-0.3, -0.25) is 0 Å². The topological polar surface area (TPSA) is 99.4 Å². The zero-order valence-corrected chi connectivity index (χ0v) is 17.2. The van der Waals surface area contributed by atoms with Crippen molar-refractivity contribution in [3.8, 4) is 17.1 Å². The van der Waals surface area contributed by atoms with Gasteiger partial charge in [0.2, 0.25) is 5.67 Å². The molecular formula is C20H27FN4O4. The van der Waals surface area contributed by atoms with E-state index in [9.17, 15) is 9.90 Å². The molecule has 0 unspecified atom stereocenters. The number of ether oxygens (including phenoxy) is 2. The zero-order valence-electron chi connectivity index (χ0n) is 17.2. The number of aliphatic hydroxyl groups is 1. The highest BCUT2D eigenvalue weighted by atomic mass is 19.1. The molecule has 1 saturated carbocycles. The Hall–Kier alpha value is -2.55. The van der Waals surface area contributed by atoms with Gasteiger partial charge in [-0.2, -0.15) is 0 Å². The zero-order chi connectivity index (χ0) is 21.2. The number of nitrogens with zero attached hydrogens (tertiary/aromatic N) is 4. The van der Waals surface area contributed by atoms with Crippen LogP contribution in [0, 0.1) is 6.92 Å². The van der Waals surface area contributed by atoms with Crippen LogP contribution in [0.3, 0.4) is 0 Å². The Labute approximate surface area is 169 Å². The number of carbonyl (C=O) groups excluding carboxylic acids is 1. The number of rotatable bonds is 6. The SMILES string of the molecule is Cc1nc(-c2nnn(C)c2CO)ccc1O[C@H]1CCC[C@](F)(C(=O)OC(C)C)C1. The van der Waals surface area contributed by atoms with E-state index in [-0.39, 0.29) is 25.6 Å². The highest BCUT2D eigenvalue weighted by Gasteiger charge is 2.46. The number of pyridine rings is 1. The van der Waals surface area contributed by atoms with Crippen LogP contribution in [0.5, 0.6) is 5.75 Å². The van der Waals surface area contributed by atoms with Gasteiger partial charge in [0.05, 0.1) is 29.8 Å². The van der Waals surface area contributed by atoms with Crippen LogP contribution in [0.25, 0.3) is 11.4 Å². The highest BCUT2D eigenvalue weighted by molar-refractivity contribution is 5.79. The molecule has 2 aromatic heterocycles. The Morgan fingerprint density at radius 3 is 2.86 bits per heavy atom. The van der Waals surface area contributed by atoms with Gasteiger partial charge in [-0.1, -0.05) is 5.21 Å². The lowest BCUT2D eigenvalue weighted by Crippen LogP contribution is -2.44. The molecule has 29 heavy (non-hydrogen) atoms. The minimum Gasteiger partial charge on any atom is -0.488 e. The summed E-state index contributed by atoms with van der Waals surface area (Å²) >= 11 is 0. The predicted molar refractivity (Wildman–Crippen MR) is 103 cm³/mol. The summed E-state index contributed by atoms with van der Waals surface area (Å²) in [5, 5.41) is 17.5. The summed E-state index contributed by atoms with van der Waals surface area (Å²) in [4.78, 5) is 16.7. The average molecular weight is 406 g/mol. The van der Waals surface area contributed by atoms with E-state index in [1.807, 2.05) is 0 Å². The van der Waals surface area contributed by atoms with Crippen molar-refractivity contribution in [1.82, 2.24) is 20.0 Å². The highest BCUT2D eigenvalue weighted by Crippen LogP contribution is 2.36. The summed E-state index contributed by atoms with van der Waals surface area (Å²) in [6, 6.07) is 3.47. The van der Waals surface area contributed by atoms with Crippen molar-refractivity contribution in [1.29, 1.82) is 0 Å². The maximum Gasteiger partial charge on any atom is 0.344 e. The van der Waals surface area contributed by atoms with Gasteiger partial charge in [0.1, 0.15) is 17.5 Å². The van der Waals surface area contributed by atoms with Gasteiger partial charge in [0.25, 0.3) is 0 Å². The Balaban J connectivity index is 1.74. The molecule has 1 aliphatic carbocycles. The Kier molecular flexibility index (Phi) is 6.16. The van der Waals surface area contributed by atoms with Gasteiger partial charge in [0.15, 0.2) is 0 Å².